The molecule has 1 unspecified atom stereocenters. The van der Waals surface area contributed by atoms with Gasteiger partial charge in [0.25, 0.3) is 0 Å². The highest BCUT2D eigenvalue weighted by Crippen LogP contribution is 2.44. The number of rotatable bonds is 0. The topological polar surface area (TPSA) is 35.5 Å². The lowest BCUT2D eigenvalue weighted by Gasteiger charge is -2.38. The van der Waals surface area contributed by atoms with Crippen molar-refractivity contribution in [2.45, 2.75) is 37.9 Å². The molecule has 3 rings (SSSR count). The molecular weight excluding hydrogens is 192 g/mol. The molecule has 1 spiro atoms. The first kappa shape index (κ1) is 9.55. The zero-order valence-corrected chi connectivity index (χ0v) is 8.83. The van der Waals surface area contributed by atoms with Crippen molar-refractivity contribution < 1.29 is 14.3 Å². The Labute approximate surface area is 89.4 Å². The fourth-order valence-electron chi connectivity index (χ4n) is 2.96. The van der Waals surface area contributed by atoms with Crippen LogP contribution in [0.4, 0.5) is 0 Å². The van der Waals surface area contributed by atoms with Crippen LogP contribution in [-0.4, -0.2) is 24.8 Å². The molecule has 3 heteroatoms. The fourth-order valence-corrected chi connectivity index (χ4v) is 2.96. The van der Waals surface area contributed by atoms with E-state index in [-0.39, 0.29) is 11.6 Å². The predicted molar refractivity (Wildman–Crippen MR) is 54.3 cm³/mol. The summed E-state index contributed by atoms with van der Waals surface area (Å²) < 4.78 is 11.4. The zero-order valence-electron chi connectivity index (χ0n) is 8.83. The molecule has 3 aliphatic rings. The van der Waals surface area contributed by atoms with Gasteiger partial charge < -0.3 is 9.47 Å². The van der Waals surface area contributed by atoms with E-state index in [0.717, 1.165) is 32.1 Å². The van der Waals surface area contributed by atoms with Gasteiger partial charge in [-0.05, 0) is 24.8 Å². The van der Waals surface area contributed by atoms with E-state index in [4.69, 9.17) is 9.47 Å². The van der Waals surface area contributed by atoms with Gasteiger partial charge in [-0.2, -0.15) is 0 Å². The van der Waals surface area contributed by atoms with Crippen LogP contribution in [0.1, 0.15) is 32.1 Å². The van der Waals surface area contributed by atoms with E-state index in [1.165, 1.54) is 5.57 Å². The average molecular weight is 208 g/mol. The molecular formula is C12H16O3. The van der Waals surface area contributed by atoms with Crippen LogP contribution in [0, 0.1) is 5.92 Å². The lowest BCUT2D eigenvalue weighted by atomic mass is 9.75. The summed E-state index contributed by atoms with van der Waals surface area (Å²) in [5.41, 5.74) is 1.26. The minimum atomic E-state index is -0.375. The van der Waals surface area contributed by atoms with E-state index in [1.807, 2.05) is 6.08 Å². The molecule has 2 fully saturated rings. The molecule has 2 aliphatic carbocycles. The van der Waals surface area contributed by atoms with Gasteiger partial charge in [-0.25, -0.2) is 0 Å². The molecule has 1 saturated heterocycles. The average Bonchev–Trinajstić information content (AvgIpc) is 2.66. The van der Waals surface area contributed by atoms with Crippen molar-refractivity contribution in [2.75, 3.05) is 13.2 Å². The number of hydrogen-bond acceptors (Lipinski definition) is 3. The van der Waals surface area contributed by atoms with Gasteiger partial charge in [0.15, 0.2) is 11.6 Å². The second-order valence-corrected chi connectivity index (χ2v) is 4.74. The third-order valence-electron chi connectivity index (χ3n) is 3.77. The molecule has 1 atom stereocenters. The van der Waals surface area contributed by atoms with Crippen LogP contribution in [0.25, 0.3) is 0 Å². The van der Waals surface area contributed by atoms with Crippen molar-refractivity contribution >= 4 is 5.78 Å². The molecule has 0 radical (unpaired) electrons. The zero-order chi connectivity index (χ0) is 10.3. The number of ketones is 1. The molecule has 3 nitrogen and oxygen atoms in total. The summed E-state index contributed by atoms with van der Waals surface area (Å²) in [6.07, 6.45) is 6.50. The van der Waals surface area contributed by atoms with Crippen molar-refractivity contribution in [3.05, 3.63) is 11.6 Å². The fraction of sp³-hybridized carbons (Fsp3) is 0.750. The Bertz CT molecular complexity index is 313. The molecule has 1 aliphatic heterocycles. The normalized spacial score (nSPS) is 34.0. The SMILES string of the molecule is O=C1C=C2CC3(CCC2CC1)OCCO3. The maximum atomic E-state index is 11.4. The maximum absolute atomic E-state index is 11.4. The summed E-state index contributed by atoms with van der Waals surface area (Å²) in [5, 5.41) is 0. The van der Waals surface area contributed by atoms with Gasteiger partial charge in [-0.3, -0.25) is 4.79 Å². The Kier molecular flexibility index (Phi) is 2.18. The van der Waals surface area contributed by atoms with Crippen LogP contribution >= 0.6 is 0 Å². The molecule has 1 heterocycles. The maximum Gasteiger partial charge on any atom is 0.172 e. The minimum Gasteiger partial charge on any atom is -0.347 e. The summed E-state index contributed by atoms with van der Waals surface area (Å²) >= 11 is 0. The molecule has 82 valence electrons. The largest absolute Gasteiger partial charge is 0.347 e. The van der Waals surface area contributed by atoms with Crippen LogP contribution in [0.3, 0.4) is 0 Å². The van der Waals surface area contributed by atoms with Crippen molar-refractivity contribution in [3.63, 3.8) is 0 Å². The first-order valence-corrected chi connectivity index (χ1v) is 5.79. The van der Waals surface area contributed by atoms with Gasteiger partial charge in [0.2, 0.25) is 0 Å². The van der Waals surface area contributed by atoms with Crippen LogP contribution < -0.4 is 0 Å². The summed E-state index contributed by atoms with van der Waals surface area (Å²) in [7, 11) is 0. The quantitative estimate of drug-likeness (QED) is 0.609. The van der Waals surface area contributed by atoms with Crippen molar-refractivity contribution in [1.82, 2.24) is 0 Å². The molecule has 0 N–H and O–H groups in total. The number of hydrogen-bond donors (Lipinski definition) is 0. The standard InChI is InChI=1S/C12H16O3/c13-11-2-1-9-3-4-12(8-10(9)7-11)14-5-6-15-12/h7,9H,1-6,8H2. The van der Waals surface area contributed by atoms with Gasteiger partial charge in [0.1, 0.15) is 0 Å². The van der Waals surface area contributed by atoms with Crippen molar-refractivity contribution in [3.8, 4) is 0 Å². The van der Waals surface area contributed by atoms with E-state index in [2.05, 4.69) is 0 Å². The highest BCUT2D eigenvalue weighted by Gasteiger charge is 2.43. The summed E-state index contributed by atoms with van der Waals surface area (Å²) in [4.78, 5) is 11.4. The lowest BCUT2D eigenvalue weighted by Crippen LogP contribution is -2.37. The van der Waals surface area contributed by atoms with Gasteiger partial charge in [-0.1, -0.05) is 5.57 Å². The molecule has 0 aromatic rings. The van der Waals surface area contributed by atoms with E-state index < -0.39 is 0 Å². The summed E-state index contributed by atoms with van der Waals surface area (Å²) in [6, 6.07) is 0. The Morgan fingerprint density at radius 1 is 1.27 bits per heavy atom. The van der Waals surface area contributed by atoms with Crippen LogP contribution in [0.15, 0.2) is 11.6 Å². The van der Waals surface area contributed by atoms with E-state index in [0.29, 0.717) is 19.1 Å². The Balaban J connectivity index is 1.82. The van der Waals surface area contributed by atoms with Crippen LogP contribution in [-0.2, 0) is 14.3 Å². The van der Waals surface area contributed by atoms with Gasteiger partial charge in [0.05, 0.1) is 13.2 Å². The first-order chi connectivity index (χ1) is 7.27. The molecule has 0 amide bonds. The third kappa shape index (κ3) is 1.64. The molecule has 0 aromatic carbocycles. The predicted octanol–water partition coefficient (Wildman–Crippen LogP) is 1.82. The van der Waals surface area contributed by atoms with Gasteiger partial charge in [0, 0.05) is 19.3 Å². The molecule has 1 saturated carbocycles. The van der Waals surface area contributed by atoms with Crippen LogP contribution in [0.5, 0.6) is 0 Å². The minimum absolute atomic E-state index is 0.274. The number of ether oxygens (including phenoxy) is 2. The van der Waals surface area contributed by atoms with Gasteiger partial charge >= 0.3 is 0 Å². The molecule has 0 bridgehead atoms. The van der Waals surface area contributed by atoms with E-state index in [1.54, 1.807) is 0 Å². The van der Waals surface area contributed by atoms with Crippen molar-refractivity contribution in [1.29, 1.82) is 0 Å². The van der Waals surface area contributed by atoms with Crippen LogP contribution in [0.2, 0.25) is 0 Å². The Morgan fingerprint density at radius 3 is 2.87 bits per heavy atom. The summed E-state index contributed by atoms with van der Waals surface area (Å²) in [6.45, 7) is 1.40. The summed E-state index contributed by atoms with van der Waals surface area (Å²) in [5.74, 6) is 0.511. The lowest BCUT2D eigenvalue weighted by molar-refractivity contribution is -0.171. The highest BCUT2D eigenvalue weighted by molar-refractivity contribution is 5.91. The Hall–Kier alpha value is -0.670. The highest BCUT2D eigenvalue weighted by atomic mass is 16.7. The second-order valence-electron chi connectivity index (χ2n) is 4.74. The number of allylic oxidation sites excluding steroid dienone is 1. The smallest absolute Gasteiger partial charge is 0.172 e. The number of carbonyl (C=O) groups is 1. The van der Waals surface area contributed by atoms with E-state index >= 15 is 0 Å². The third-order valence-corrected chi connectivity index (χ3v) is 3.77. The molecule has 15 heavy (non-hydrogen) atoms. The monoisotopic (exact) mass is 208 g/mol. The Morgan fingerprint density at radius 2 is 2.07 bits per heavy atom. The molecule has 0 aromatic heterocycles. The van der Waals surface area contributed by atoms with Gasteiger partial charge in [-0.15, -0.1) is 0 Å². The first-order valence-electron chi connectivity index (χ1n) is 5.79. The second kappa shape index (κ2) is 3.42. The number of carbonyl (C=O) groups excluding carboxylic acids is 1. The van der Waals surface area contributed by atoms with E-state index in [9.17, 15) is 4.79 Å². The van der Waals surface area contributed by atoms with Crippen molar-refractivity contribution in [2.24, 2.45) is 5.92 Å². The number of fused-ring (bicyclic) bond motifs is 1.